The zero-order valence-corrected chi connectivity index (χ0v) is 20.1. The number of unbranched alkanes of at least 4 members (excludes halogenated alkanes) is 3. The molecule has 32 heavy (non-hydrogen) atoms. The number of rotatable bonds is 14. The van der Waals surface area contributed by atoms with Crippen LogP contribution in [0.5, 0.6) is 17.2 Å². The fourth-order valence-electron chi connectivity index (χ4n) is 3.38. The lowest BCUT2D eigenvalue weighted by molar-refractivity contribution is 0.213. The Morgan fingerprint density at radius 3 is 2.22 bits per heavy atom. The molecule has 0 saturated heterocycles. The Morgan fingerprint density at radius 2 is 1.56 bits per heavy atom. The standard InChI is InChI=1S/C27H37NO4/c1-6-7-15-31-26-18-21(2)27(22(3)19-26)32-17-11-9-8-10-16-30-25-14-12-13-24(20-25)23(4)28-29-5/h6-7,12-14,18-20H,8-11,15-17H2,1-5H3/b7-6+,28-23+. The van der Waals surface area contributed by atoms with Crippen molar-refractivity contribution in [2.75, 3.05) is 26.9 Å². The Bertz CT molecular complexity index is 866. The Labute approximate surface area is 193 Å². The Morgan fingerprint density at radius 1 is 0.875 bits per heavy atom. The van der Waals surface area contributed by atoms with E-state index in [2.05, 4.69) is 19.0 Å². The van der Waals surface area contributed by atoms with Crippen molar-refractivity contribution in [3.05, 3.63) is 65.2 Å². The molecule has 0 unspecified atom stereocenters. The van der Waals surface area contributed by atoms with Gasteiger partial charge in [-0.2, -0.15) is 0 Å². The van der Waals surface area contributed by atoms with Crippen molar-refractivity contribution in [1.82, 2.24) is 0 Å². The lowest BCUT2D eigenvalue weighted by atomic mass is 10.1. The van der Waals surface area contributed by atoms with Crippen LogP contribution in [-0.2, 0) is 4.84 Å². The number of hydrogen-bond donors (Lipinski definition) is 0. The Balaban J connectivity index is 1.65. The third-order valence-electron chi connectivity index (χ3n) is 5.05. The summed E-state index contributed by atoms with van der Waals surface area (Å²) in [5.74, 6) is 2.72. The van der Waals surface area contributed by atoms with Crippen molar-refractivity contribution in [2.45, 2.75) is 53.4 Å². The lowest BCUT2D eigenvalue weighted by Crippen LogP contribution is -2.03. The van der Waals surface area contributed by atoms with E-state index in [1.807, 2.05) is 62.4 Å². The van der Waals surface area contributed by atoms with E-state index < -0.39 is 0 Å². The van der Waals surface area contributed by atoms with E-state index in [1.54, 1.807) is 7.11 Å². The summed E-state index contributed by atoms with van der Waals surface area (Å²) in [6.07, 6.45) is 8.26. The van der Waals surface area contributed by atoms with Crippen molar-refractivity contribution < 1.29 is 19.0 Å². The molecule has 0 aromatic heterocycles. The van der Waals surface area contributed by atoms with Crippen LogP contribution in [0, 0.1) is 13.8 Å². The second kappa shape index (κ2) is 14.2. The van der Waals surface area contributed by atoms with Gasteiger partial charge in [0.1, 0.15) is 31.0 Å². The van der Waals surface area contributed by atoms with E-state index in [9.17, 15) is 0 Å². The SMILES string of the molecule is C/C=C/COc1cc(C)c(OCCCCCCOc2cccc(/C(C)=N/OC)c2)c(C)c1. The van der Waals surface area contributed by atoms with Gasteiger partial charge in [-0.3, -0.25) is 0 Å². The summed E-state index contributed by atoms with van der Waals surface area (Å²) >= 11 is 0. The number of hydrogen-bond acceptors (Lipinski definition) is 5. The predicted molar refractivity (Wildman–Crippen MR) is 131 cm³/mol. The van der Waals surface area contributed by atoms with Gasteiger partial charge < -0.3 is 19.0 Å². The average Bonchev–Trinajstić information content (AvgIpc) is 2.77. The number of allylic oxidation sites excluding steroid dienone is 1. The Kier molecular flexibility index (Phi) is 11.2. The summed E-state index contributed by atoms with van der Waals surface area (Å²) in [5.41, 5.74) is 4.06. The van der Waals surface area contributed by atoms with Gasteiger partial charge >= 0.3 is 0 Å². The van der Waals surface area contributed by atoms with Gasteiger partial charge in [0.15, 0.2) is 0 Å². The van der Waals surface area contributed by atoms with Crippen LogP contribution in [-0.4, -0.2) is 32.6 Å². The molecular formula is C27H37NO4. The molecule has 0 bridgehead atoms. The van der Waals surface area contributed by atoms with E-state index in [1.165, 1.54) is 0 Å². The highest BCUT2D eigenvalue weighted by Gasteiger charge is 2.07. The van der Waals surface area contributed by atoms with Gasteiger partial charge in [0.05, 0.1) is 18.9 Å². The molecule has 2 aromatic rings. The fraction of sp³-hybridized carbons (Fsp3) is 0.444. The molecule has 0 aliphatic carbocycles. The van der Waals surface area contributed by atoms with Gasteiger partial charge in [-0.25, -0.2) is 0 Å². The molecule has 0 N–H and O–H groups in total. The van der Waals surface area contributed by atoms with Gasteiger partial charge in [0, 0.05) is 5.56 Å². The van der Waals surface area contributed by atoms with Gasteiger partial charge in [-0.05, 0) is 88.8 Å². The van der Waals surface area contributed by atoms with Crippen LogP contribution >= 0.6 is 0 Å². The maximum absolute atomic E-state index is 6.06. The first-order valence-electron chi connectivity index (χ1n) is 11.3. The average molecular weight is 440 g/mol. The largest absolute Gasteiger partial charge is 0.494 e. The molecule has 0 radical (unpaired) electrons. The molecule has 0 saturated carbocycles. The highest BCUT2D eigenvalue weighted by Crippen LogP contribution is 2.28. The van der Waals surface area contributed by atoms with Crippen LogP contribution in [0.25, 0.3) is 0 Å². The van der Waals surface area contributed by atoms with Gasteiger partial charge in [-0.1, -0.05) is 29.4 Å². The van der Waals surface area contributed by atoms with Crippen molar-refractivity contribution >= 4 is 5.71 Å². The fourth-order valence-corrected chi connectivity index (χ4v) is 3.38. The van der Waals surface area contributed by atoms with E-state index in [-0.39, 0.29) is 0 Å². The van der Waals surface area contributed by atoms with Crippen LogP contribution in [0.2, 0.25) is 0 Å². The molecule has 2 aromatic carbocycles. The van der Waals surface area contributed by atoms with E-state index in [0.29, 0.717) is 13.2 Å². The zero-order chi connectivity index (χ0) is 23.2. The van der Waals surface area contributed by atoms with Crippen LogP contribution in [0.4, 0.5) is 0 Å². The monoisotopic (exact) mass is 439 g/mol. The highest BCUT2D eigenvalue weighted by atomic mass is 16.6. The maximum Gasteiger partial charge on any atom is 0.125 e. The summed E-state index contributed by atoms with van der Waals surface area (Å²) in [5, 5.41) is 3.97. The summed E-state index contributed by atoms with van der Waals surface area (Å²) in [6.45, 7) is 10.1. The Hall–Kier alpha value is -2.95. The van der Waals surface area contributed by atoms with E-state index in [0.717, 1.165) is 71.9 Å². The molecule has 2 rings (SSSR count). The van der Waals surface area contributed by atoms with Crippen LogP contribution in [0.1, 0.15) is 56.2 Å². The minimum atomic E-state index is 0.590. The van der Waals surface area contributed by atoms with Crippen molar-refractivity contribution in [1.29, 1.82) is 0 Å². The van der Waals surface area contributed by atoms with E-state index >= 15 is 0 Å². The number of nitrogens with zero attached hydrogens (tertiary/aromatic N) is 1. The first-order valence-corrected chi connectivity index (χ1v) is 11.3. The maximum atomic E-state index is 6.06. The third-order valence-corrected chi connectivity index (χ3v) is 5.05. The molecular weight excluding hydrogens is 402 g/mol. The summed E-state index contributed by atoms with van der Waals surface area (Å²) in [6, 6.07) is 12.0. The molecule has 174 valence electrons. The molecule has 0 amide bonds. The number of benzene rings is 2. The van der Waals surface area contributed by atoms with Crippen molar-refractivity contribution in [3.63, 3.8) is 0 Å². The van der Waals surface area contributed by atoms with Crippen molar-refractivity contribution in [3.8, 4) is 17.2 Å². The van der Waals surface area contributed by atoms with Crippen LogP contribution < -0.4 is 14.2 Å². The molecule has 0 aliphatic heterocycles. The summed E-state index contributed by atoms with van der Waals surface area (Å²) in [4.78, 5) is 4.84. The second-order valence-electron chi connectivity index (χ2n) is 7.76. The molecule has 0 heterocycles. The molecule has 5 nitrogen and oxygen atoms in total. The molecule has 0 aliphatic rings. The minimum Gasteiger partial charge on any atom is -0.494 e. The number of aryl methyl sites for hydroxylation is 2. The van der Waals surface area contributed by atoms with Crippen LogP contribution in [0.3, 0.4) is 0 Å². The summed E-state index contributed by atoms with van der Waals surface area (Å²) < 4.78 is 17.7. The predicted octanol–water partition coefficient (Wildman–Crippen LogP) is 6.65. The van der Waals surface area contributed by atoms with E-state index in [4.69, 9.17) is 19.0 Å². The van der Waals surface area contributed by atoms with Gasteiger partial charge in [-0.15, -0.1) is 0 Å². The lowest BCUT2D eigenvalue weighted by Gasteiger charge is -2.14. The highest BCUT2D eigenvalue weighted by molar-refractivity contribution is 5.98. The van der Waals surface area contributed by atoms with Gasteiger partial charge in [0.25, 0.3) is 0 Å². The van der Waals surface area contributed by atoms with Crippen molar-refractivity contribution in [2.24, 2.45) is 5.16 Å². The van der Waals surface area contributed by atoms with Crippen LogP contribution in [0.15, 0.2) is 53.7 Å². The number of oxime groups is 1. The molecule has 0 spiro atoms. The smallest absolute Gasteiger partial charge is 0.125 e. The first-order chi connectivity index (χ1) is 15.5. The third kappa shape index (κ3) is 8.66. The quantitative estimate of drug-likeness (QED) is 0.143. The second-order valence-corrected chi connectivity index (χ2v) is 7.76. The van der Waals surface area contributed by atoms with Gasteiger partial charge in [0.2, 0.25) is 0 Å². The molecule has 0 fully saturated rings. The molecule has 5 heteroatoms. The summed E-state index contributed by atoms with van der Waals surface area (Å²) in [7, 11) is 1.55. The number of ether oxygens (including phenoxy) is 3. The topological polar surface area (TPSA) is 49.3 Å². The zero-order valence-electron chi connectivity index (χ0n) is 20.1. The molecule has 0 atom stereocenters. The first kappa shape index (κ1) is 25.3. The normalized spacial score (nSPS) is 11.6. The minimum absolute atomic E-state index is 0.590.